The molecule has 0 saturated heterocycles. The molecule has 3 nitrogen and oxygen atoms in total. The van der Waals surface area contributed by atoms with Gasteiger partial charge < -0.3 is 14.9 Å². The lowest BCUT2D eigenvalue weighted by atomic mass is 9.77. The molecule has 0 aromatic heterocycles. The van der Waals surface area contributed by atoms with Gasteiger partial charge in [-0.2, -0.15) is 0 Å². The molecule has 0 aliphatic heterocycles. The highest BCUT2D eigenvalue weighted by molar-refractivity contribution is 6.18. The summed E-state index contributed by atoms with van der Waals surface area (Å²) in [7, 11) is 0. The average Bonchev–Trinajstić information content (AvgIpc) is 2.53. The van der Waals surface area contributed by atoms with Gasteiger partial charge in [0, 0.05) is 5.41 Å². The van der Waals surface area contributed by atoms with Crippen LogP contribution in [0.5, 0.6) is 11.5 Å². The van der Waals surface area contributed by atoms with E-state index in [0.717, 1.165) is 22.4 Å². The van der Waals surface area contributed by atoms with Gasteiger partial charge in [0.1, 0.15) is 24.2 Å². The van der Waals surface area contributed by atoms with Crippen molar-refractivity contribution >= 4 is 11.6 Å². The third-order valence-electron chi connectivity index (χ3n) is 4.09. The van der Waals surface area contributed by atoms with Crippen molar-refractivity contribution in [3.8, 4) is 11.5 Å². The molecular formula is C19H23ClO3. The Balaban J connectivity index is 2.23. The first kappa shape index (κ1) is 17.6. The van der Waals surface area contributed by atoms with Crippen LogP contribution in [0.15, 0.2) is 42.5 Å². The number of phenolic OH excluding ortho intramolecular Hbond substituents is 1. The second-order valence-corrected chi connectivity index (χ2v) is 6.58. The van der Waals surface area contributed by atoms with E-state index in [1.807, 2.05) is 31.2 Å². The van der Waals surface area contributed by atoms with E-state index in [9.17, 15) is 10.2 Å². The maximum Gasteiger partial charge on any atom is 0.122 e. The molecule has 0 radical (unpaired) electrons. The van der Waals surface area contributed by atoms with Crippen LogP contribution in [0.1, 0.15) is 30.5 Å². The summed E-state index contributed by atoms with van der Waals surface area (Å²) in [5, 5.41) is 18.9. The number of benzene rings is 2. The van der Waals surface area contributed by atoms with Crippen LogP contribution in [0.4, 0.5) is 0 Å². The van der Waals surface area contributed by atoms with Crippen LogP contribution in [-0.4, -0.2) is 28.8 Å². The minimum Gasteiger partial charge on any atom is -0.508 e. The molecule has 0 heterocycles. The van der Waals surface area contributed by atoms with Crippen LogP contribution in [0.3, 0.4) is 0 Å². The Morgan fingerprint density at radius 2 is 1.70 bits per heavy atom. The maximum absolute atomic E-state index is 9.49. The molecule has 0 spiro atoms. The molecule has 2 aromatic rings. The molecule has 0 bridgehead atoms. The summed E-state index contributed by atoms with van der Waals surface area (Å²) in [5.41, 5.74) is 3.11. The van der Waals surface area contributed by atoms with Gasteiger partial charge in [0.15, 0.2) is 0 Å². The third-order valence-corrected chi connectivity index (χ3v) is 4.45. The van der Waals surface area contributed by atoms with Crippen LogP contribution in [0.25, 0.3) is 0 Å². The Kier molecular flexibility index (Phi) is 5.55. The Bertz CT molecular complexity index is 650. The lowest BCUT2D eigenvalue weighted by Gasteiger charge is -2.27. The first-order valence-electron chi connectivity index (χ1n) is 7.62. The smallest absolute Gasteiger partial charge is 0.122 e. The fourth-order valence-corrected chi connectivity index (χ4v) is 2.56. The van der Waals surface area contributed by atoms with Crippen molar-refractivity contribution in [3.63, 3.8) is 0 Å². The summed E-state index contributed by atoms with van der Waals surface area (Å²) in [6, 6.07) is 13.3. The highest BCUT2D eigenvalue weighted by atomic mass is 35.5. The van der Waals surface area contributed by atoms with Gasteiger partial charge in [-0.25, -0.2) is 0 Å². The van der Waals surface area contributed by atoms with Crippen molar-refractivity contribution < 1.29 is 14.9 Å². The summed E-state index contributed by atoms with van der Waals surface area (Å²) in [5.74, 6) is 1.17. The first-order chi connectivity index (χ1) is 10.8. The largest absolute Gasteiger partial charge is 0.508 e. The Hall–Kier alpha value is -1.71. The number of rotatable bonds is 6. The molecule has 0 amide bonds. The molecule has 0 fully saturated rings. The lowest BCUT2D eigenvalue weighted by Crippen LogP contribution is -2.20. The minimum absolute atomic E-state index is 0.158. The Morgan fingerprint density at radius 3 is 2.26 bits per heavy atom. The van der Waals surface area contributed by atoms with E-state index in [-0.39, 0.29) is 23.7 Å². The van der Waals surface area contributed by atoms with E-state index in [4.69, 9.17) is 16.3 Å². The van der Waals surface area contributed by atoms with Gasteiger partial charge in [-0.3, -0.25) is 0 Å². The molecule has 0 aliphatic rings. The summed E-state index contributed by atoms with van der Waals surface area (Å²) >= 11 is 5.57. The average molecular weight is 335 g/mol. The molecular weight excluding hydrogens is 312 g/mol. The van der Waals surface area contributed by atoms with E-state index in [1.165, 1.54) is 0 Å². The maximum atomic E-state index is 9.49. The molecule has 1 atom stereocenters. The lowest BCUT2D eigenvalue weighted by molar-refractivity contribution is 0.125. The molecule has 2 aromatic carbocycles. The number of phenols is 1. The van der Waals surface area contributed by atoms with Crippen molar-refractivity contribution in [1.29, 1.82) is 0 Å². The van der Waals surface area contributed by atoms with Crippen LogP contribution < -0.4 is 4.74 Å². The second kappa shape index (κ2) is 7.24. The van der Waals surface area contributed by atoms with Gasteiger partial charge in [-0.15, -0.1) is 11.6 Å². The van der Waals surface area contributed by atoms with Crippen LogP contribution in [0, 0.1) is 6.92 Å². The third kappa shape index (κ3) is 4.18. The van der Waals surface area contributed by atoms with Gasteiger partial charge in [0.2, 0.25) is 0 Å². The van der Waals surface area contributed by atoms with Crippen molar-refractivity contribution in [1.82, 2.24) is 0 Å². The molecule has 4 heteroatoms. The van der Waals surface area contributed by atoms with E-state index in [1.54, 1.807) is 12.1 Å². The van der Waals surface area contributed by atoms with E-state index >= 15 is 0 Å². The van der Waals surface area contributed by atoms with Crippen molar-refractivity contribution in [3.05, 3.63) is 59.2 Å². The van der Waals surface area contributed by atoms with Gasteiger partial charge in [0.25, 0.3) is 0 Å². The van der Waals surface area contributed by atoms with Crippen molar-refractivity contribution in [2.24, 2.45) is 0 Å². The summed E-state index contributed by atoms with van der Waals surface area (Å²) in [6.07, 6.45) is -0.663. The second-order valence-electron chi connectivity index (χ2n) is 6.27. The zero-order chi connectivity index (χ0) is 17.0. The Labute approximate surface area is 142 Å². The van der Waals surface area contributed by atoms with Crippen molar-refractivity contribution in [2.45, 2.75) is 32.3 Å². The SMILES string of the molecule is Cc1cc(C(C)(C)c2ccc(O)cc2)ccc1OCC(O)CCl. The number of aryl methyl sites for hydroxylation is 1. The van der Waals surface area contributed by atoms with E-state index in [2.05, 4.69) is 19.9 Å². The summed E-state index contributed by atoms with van der Waals surface area (Å²) < 4.78 is 5.61. The van der Waals surface area contributed by atoms with Gasteiger partial charge in [-0.05, 0) is 41.8 Å². The van der Waals surface area contributed by atoms with Crippen LogP contribution in [0.2, 0.25) is 0 Å². The molecule has 23 heavy (non-hydrogen) atoms. The fourth-order valence-electron chi connectivity index (χ4n) is 2.48. The molecule has 1 unspecified atom stereocenters. The van der Waals surface area contributed by atoms with Crippen LogP contribution >= 0.6 is 11.6 Å². The number of hydrogen-bond donors (Lipinski definition) is 2. The number of aliphatic hydroxyl groups is 1. The Morgan fingerprint density at radius 1 is 1.09 bits per heavy atom. The predicted octanol–water partition coefficient (Wildman–Crippen LogP) is 4.01. The predicted molar refractivity (Wildman–Crippen MR) is 93.6 cm³/mol. The minimum atomic E-state index is -0.663. The van der Waals surface area contributed by atoms with Gasteiger partial charge in [0.05, 0.1) is 5.88 Å². The number of halogens is 1. The molecule has 0 saturated carbocycles. The van der Waals surface area contributed by atoms with Gasteiger partial charge >= 0.3 is 0 Å². The normalized spacial score (nSPS) is 12.9. The molecule has 124 valence electrons. The summed E-state index contributed by atoms with van der Waals surface area (Å²) in [4.78, 5) is 0. The zero-order valence-electron chi connectivity index (χ0n) is 13.7. The fraction of sp³-hybridized carbons (Fsp3) is 0.368. The van der Waals surface area contributed by atoms with E-state index < -0.39 is 6.10 Å². The zero-order valence-corrected chi connectivity index (χ0v) is 14.5. The number of hydrogen-bond acceptors (Lipinski definition) is 3. The molecule has 0 aliphatic carbocycles. The van der Waals surface area contributed by atoms with Crippen LogP contribution in [-0.2, 0) is 5.41 Å². The number of ether oxygens (including phenoxy) is 1. The van der Waals surface area contributed by atoms with Gasteiger partial charge in [-0.1, -0.05) is 38.1 Å². The highest BCUT2D eigenvalue weighted by Gasteiger charge is 2.23. The monoisotopic (exact) mass is 334 g/mol. The first-order valence-corrected chi connectivity index (χ1v) is 8.15. The highest BCUT2D eigenvalue weighted by Crippen LogP contribution is 2.34. The van der Waals surface area contributed by atoms with E-state index in [0.29, 0.717) is 0 Å². The molecule has 2 N–H and O–H groups in total. The standard InChI is InChI=1S/C19H23ClO3/c1-13-10-15(6-9-18(13)23-12-17(22)11-20)19(2,3)14-4-7-16(21)8-5-14/h4-10,17,21-22H,11-12H2,1-3H3. The molecule has 2 rings (SSSR count). The topological polar surface area (TPSA) is 49.7 Å². The van der Waals surface area contributed by atoms with Crippen molar-refractivity contribution in [2.75, 3.05) is 12.5 Å². The quantitative estimate of drug-likeness (QED) is 0.785. The number of aliphatic hydroxyl groups excluding tert-OH is 1. The number of alkyl halides is 1. The number of aromatic hydroxyl groups is 1. The summed E-state index contributed by atoms with van der Waals surface area (Å²) in [6.45, 7) is 6.46.